The zero-order valence-electron chi connectivity index (χ0n) is 19.4. The van der Waals surface area contributed by atoms with Crippen LogP contribution in [0.4, 0.5) is 0 Å². The van der Waals surface area contributed by atoms with Crippen LogP contribution in [-0.4, -0.2) is 36.4 Å². The lowest BCUT2D eigenvalue weighted by Gasteiger charge is -2.17. The van der Waals surface area contributed by atoms with Gasteiger partial charge in [-0.3, -0.25) is 0 Å². The van der Waals surface area contributed by atoms with Crippen molar-refractivity contribution in [2.45, 2.75) is 66.1 Å². The first kappa shape index (κ1) is 24.7. The third-order valence-corrected chi connectivity index (χ3v) is 4.45. The molecule has 1 atom stereocenters. The highest BCUT2D eigenvalue weighted by molar-refractivity contribution is 5.79. The average molecular weight is 428 g/mol. The van der Waals surface area contributed by atoms with Gasteiger partial charge in [-0.2, -0.15) is 0 Å². The molecule has 0 aliphatic heterocycles. The second-order valence-electron chi connectivity index (χ2n) is 8.01. The van der Waals surface area contributed by atoms with Gasteiger partial charge in [-0.05, 0) is 63.4 Å². The first-order valence-corrected chi connectivity index (χ1v) is 11.0. The van der Waals surface area contributed by atoms with Crippen LogP contribution in [0.2, 0.25) is 0 Å². The minimum absolute atomic E-state index is 0.0924. The van der Waals surface area contributed by atoms with Crippen molar-refractivity contribution in [3.63, 3.8) is 0 Å². The molecule has 0 heterocycles. The summed E-state index contributed by atoms with van der Waals surface area (Å²) in [4.78, 5) is 4.64. The maximum absolute atomic E-state index is 10.6. The zero-order chi connectivity index (χ0) is 22.6. The Balaban J connectivity index is 1.92. The molecule has 0 radical (unpaired) electrons. The molecule has 0 fully saturated rings. The molecule has 2 aromatic rings. The van der Waals surface area contributed by atoms with E-state index in [0.717, 1.165) is 29.0 Å². The van der Waals surface area contributed by atoms with E-state index < -0.39 is 6.10 Å². The highest BCUT2D eigenvalue weighted by Crippen LogP contribution is 2.20. The van der Waals surface area contributed by atoms with E-state index >= 15 is 0 Å². The van der Waals surface area contributed by atoms with Crippen LogP contribution >= 0.6 is 0 Å². The summed E-state index contributed by atoms with van der Waals surface area (Å²) in [5, 5.41) is 17.0. The lowest BCUT2D eigenvalue weighted by Crippen LogP contribution is -2.39. The molecule has 170 valence electrons. The van der Waals surface area contributed by atoms with Crippen LogP contribution in [0.15, 0.2) is 53.5 Å². The predicted molar refractivity (Wildman–Crippen MR) is 126 cm³/mol. The highest BCUT2D eigenvalue weighted by atomic mass is 16.5. The topological polar surface area (TPSA) is 75.1 Å². The molecule has 3 N–H and O–H groups in total. The Bertz CT molecular complexity index is 804. The molecule has 2 aromatic carbocycles. The lowest BCUT2D eigenvalue weighted by atomic mass is 10.1. The second kappa shape index (κ2) is 13.0. The Hall–Kier alpha value is -2.57. The summed E-state index contributed by atoms with van der Waals surface area (Å²) in [6.45, 7) is 12.3. The quantitative estimate of drug-likeness (QED) is 0.370. The molecule has 6 nitrogen and oxygen atoms in total. The predicted octanol–water partition coefficient (Wildman–Crippen LogP) is 4.19. The standard InChI is InChI=1S/C25H37N3O3/c1-6-26-25(27-15-20-10-12-21(13-11-20)17-30-18(2)3)28-16-24(29)22-8-7-9-23(14-22)31-19(4)5/h7-14,18-19,24,29H,6,15-17H2,1-5H3,(H2,26,27,28). The van der Waals surface area contributed by atoms with Crippen LogP contribution in [0.1, 0.15) is 57.4 Å². The van der Waals surface area contributed by atoms with Crippen molar-refractivity contribution >= 4 is 5.96 Å². The van der Waals surface area contributed by atoms with E-state index in [4.69, 9.17) is 9.47 Å². The molecular weight excluding hydrogens is 390 g/mol. The van der Waals surface area contributed by atoms with E-state index in [9.17, 15) is 5.11 Å². The van der Waals surface area contributed by atoms with E-state index in [2.05, 4.69) is 39.9 Å². The largest absolute Gasteiger partial charge is 0.491 e. The van der Waals surface area contributed by atoms with Crippen LogP contribution < -0.4 is 15.4 Å². The van der Waals surface area contributed by atoms with Gasteiger partial charge in [0.1, 0.15) is 5.75 Å². The van der Waals surface area contributed by atoms with Gasteiger partial charge in [-0.15, -0.1) is 0 Å². The monoisotopic (exact) mass is 427 g/mol. The Labute approximate surface area is 186 Å². The van der Waals surface area contributed by atoms with Crippen LogP contribution in [0.3, 0.4) is 0 Å². The van der Waals surface area contributed by atoms with Gasteiger partial charge in [-0.25, -0.2) is 4.99 Å². The van der Waals surface area contributed by atoms with Gasteiger partial charge >= 0.3 is 0 Å². The van der Waals surface area contributed by atoms with Gasteiger partial charge in [0, 0.05) is 13.1 Å². The number of hydrogen-bond donors (Lipinski definition) is 3. The summed E-state index contributed by atoms with van der Waals surface area (Å²) in [6.07, 6.45) is -0.354. The molecule has 0 spiro atoms. The van der Waals surface area contributed by atoms with Crippen LogP contribution in [0, 0.1) is 0 Å². The first-order chi connectivity index (χ1) is 14.9. The number of guanidine groups is 1. The summed E-state index contributed by atoms with van der Waals surface area (Å²) in [6, 6.07) is 15.9. The summed E-state index contributed by atoms with van der Waals surface area (Å²) in [5.41, 5.74) is 3.07. The number of aliphatic hydroxyl groups excluding tert-OH is 1. The van der Waals surface area contributed by atoms with Crippen molar-refractivity contribution in [2.24, 2.45) is 4.99 Å². The van der Waals surface area contributed by atoms with E-state index in [1.165, 1.54) is 0 Å². The molecule has 0 aromatic heterocycles. The molecule has 0 amide bonds. The summed E-state index contributed by atoms with van der Waals surface area (Å²) in [7, 11) is 0. The fourth-order valence-electron chi connectivity index (χ4n) is 2.89. The molecule has 0 aliphatic carbocycles. The van der Waals surface area contributed by atoms with Crippen molar-refractivity contribution in [2.75, 3.05) is 13.1 Å². The molecule has 1 unspecified atom stereocenters. The number of aliphatic imine (C=N–C) groups is 1. The van der Waals surface area contributed by atoms with Gasteiger partial charge in [-0.1, -0.05) is 36.4 Å². The van der Waals surface area contributed by atoms with Gasteiger partial charge < -0.3 is 25.2 Å². The Kier molecular flexibility index (Phi) is 10.3. The number of aliphatic hydroxyl groups is 1. The van der Waals surface area contributed by atoms with E-state index in [-0.39, 0.29) is 12.2 Å². The fraction of sp³-hybridized carbons (Fsp3) is 0.480. The summed E-state index contributed by atoms with van der Waals surface area (Å²) < 4.78 is 11.4. The Morgan fingerprint density at radius 1 is 0.968 bits per heavy atom. The SMILES string of the molecule is CCNC(=NCc1ccc(COC(C)C)cc1)NCC(O)c1cccc(OC(C)C)c1. The average Bonchev–Trinajstić information content (AvgIpc) is 2.74. The third-order valence-electron chi connectivity index (χ3n) is 4.45. The minimum Gasteiger partial charge on any atom is -0.491 e. The van der Waals surface area contributed by atoms with Gasteiger partial charge in [0.25, 0.3) is 0 Å². The zero-order valence-corrected chi connectivity index (χ0v) is 19.4. The number of benzene rings is 2. The number of nitrogens with zero attached hydrogens (tertiary/aromatic N) is 1. The van der Waals surface area contributed by atoms with Gasteiger partial charge in [0.2, 0.25) is 0 Å². The number of ether oxygens (including phenoxy) is 2. The van der Waals surface area contributed by atoms with E-state index in [1.807, 2.05) is 58.9 Å². The Morgan fingerprint density at radius 2 is 1.68 bits per heavy atom. The van der Waals surface area contributed by atoms with Crippen molar-refractivity contribution in [3.05, 3.63) is 65.2 Å². The van der Waals surface area contributed by atoms with Gasteiger partial charge in [0.05, 0.1) is 31.5 Å². The molecular formula is C25H37N3O3. The number of nitrogens with one attached hydrogen (secondary N) is 2. The smallest absolute Gasteiger partial charge is 0.191 e. The third kappa shape index (κ3) is 9.40. The number of hydrogen-bond acceptors (Lipinski definition) is 4. The van der Waals surface area contributed by atoms with Crippen molar-refractivity contribution in [1.29, 1.82) is 0 Å². The molecule has 0 aliphatic rings. The first-order valence-electron chi connectivity index (χ1n) is 11.0. The molecule has 31 heavy (non-hydrogen) atoms. The molecule has 0 saturated heterocycles. The number of rotatable bonds is 11. The minimum atomic E-state index is -0.667. The molecule has 0 saturated carbocycles. The maximum atomic E-state index is 10.6. The van der Waals surface area contributed by atoms with Crippen LogP contribution in [0.25, 0.3) is 0 Å². The second-order valence-corrected chi connectivity index (χ2v) is 8.01. The van der Waals surface area contributed by atoms with Crippen LogP contribution in [0.5, 0.6) is 5.75 Å². The van der Waals surface area contributed by atoms with Crippen molar-refractivity contribution < 1.29 is 14.6 Å². The fourth-order valence-corrected chi connectivity index (χ4v) is 2.89. The van der Waals surface area contributed by atoms with Crippen LogP contribution in [-0.2, 0) is 17.9 Å². The maximum Gasteiger partial charge on any atom is 0.191 e. The van der Waals surface area contributed by atoms with E-state index in [0.29, 0.717) is 25.7 Å². The van der Waals surface area contributed by atoms with Crippen molar-refractivity contribution in [3.8, 4) is 5.75 Å². The van der Waals surface area contributed by atoms with Gasteiger partial charge in [0.15, 0.2) is 5.96 Å². The summed E-state index contributed by atoms with van der Waals surface area (Å²) in [5.74, 6) is 1.43. The molecule has 0 bridgehead atoms. The Morgan fingerprint density at radius 3 is 2.32 bits per heavy atom. The lowest BCUT2D eigenvalue weighted by molar-refractivity contribution is 0.0657. The highest BCUT2D eigenvalue weighted by Gasteiger charge is 2.10. The summed E-state index contributed by atoms with van der Waals surface area (Å²) >= 11 is 0. The van der Waals surface area contributed by atoms with E-state index in [1.54, 1.807) is 0 Å². The normalized spacial score (nSPS) is 12.8. The molecule has 2 rings (SSSR count). The molecule has 6 heteroatoms. The van der Waals surface area contributed by atoms with Crippen molar-refractivity contribution in [1.82, 2.24) is 10.6 Å².